The summed E-state index contributed by atoms with van der Waals surface area (Å²) in [6.45, 7) is 2.31. The Balaban J connectivity index is 1.39. The van der Waals surface area contributed by atoms with Crippen molar-refractivity contribution in [2.24, 2.45) is 0 Å². The van der Waals surface area contributed by atoms with Gasteiger partial charge in [-0.3, -0.25) is 14.0 Å². The number of pyridine rings is 1. The van der Waals surface area contributed by atoms with Crippen molar-refractivity contribution >= 4 is 29.0 Å². The number of likely N-dealkylation sites (tertiary alicyclic amines) is 1. The van der Waals surface area contributed by atoms with Crippen molar-refractivity contribution in [2.45, 2.75) is 31.6 Å². The lowest BCUT2D eigenvalue weighted by Gasteiger charge is -2.32. The molecule has 0 aliphatic carbocycles. The number of carbonyl (C=O) groups excluding carboxylic acids is 2. The van der Waals surface area contributed by atoms with Crippen LogP contribution in [-0.2, 0) is 4.79 Å². The minimum atomic E-state index is -0.241. The first-order valence-electron chi connectivity index (χ1n) is 13.3. The summed E-state index contributed by atoms with van der Waals surface area (Å²) in [5.41, 5.74) is 9.13. The van der Waals surface area contributed by atoms with Crippen molar-refractivity contribution in [3.63, 3.8) is 0 Å². The highest BCUT2D eigenvalue weighted by atomic mass is 16.2. The van der Waals surface area contributed by atoms with E-state index in [-0.39, 0.29) is 17.7 Å². The summed E-state index contributed by atoms with van der Waals surface area (Å²) in [7, 11) is 4.04. The molecule has 5 rings (SSSR count). The number of benzene rings is 1. The van der Waals surface area contributed by atoms with Gasteiger partial charge >= 0.3 is 0 Å². The molecule has 0 saturated carbocycles. The zero-order valence-corrected chi connectivity index (χ0v) is 22.4. The lowest BCUT2D eigenvalue weighted by Crippen LogP contribution is -2.39. The second-order valence-electron chi connectivity index (χ2n) is 10.2. The Labute approximate surface area is 227 Å². The van der Waals surface area contributed by atoms with E-state index in [1.54, 1.807) is 36.7 Å². The summed E-state index contributed by atoms with van der Waals surface area (Å²) < 4.78 is 2.00. The molecule has 1 aliphatic heterocycles. The molecule has 1 aliphatic rings. The molecule has 10 nitrogen and oxygen atoms in total. The van der Waals surface area contributed by atoms with E-state index in [2.05, 4.69) is 20.2 Å². The van der Waals surface area contributed by atoms with Crippen molar-refractivity contribution in [1.82, 2.24) is 29.2 Å². The molecule has 1 aromatic carbocycles. The number of aromatic nitrogens is 4. The maximum atomic E-state index is 12.9. The summed E-state index contributed by atoms with van der Waals surface area (Å²) in [4.78, 5) is 43.2. The first-order chi connectivity index (χ1) is 18.9. The molecule has 3 N–H and O–H groups in total. The monoisotopic (exact) mass is 526 g/mol. The average molecular weight is 527 g/mol. The molecule has 4 aromatic rings. The maximum absolute atomic E-state index is 12.9. The fourth-order valence-corrected chi connectivity index (χ4v) is 5.10. The van der Waals surface area contributed by atoms with Gasteiger partial charge in [0.2, 0.25) is 5.91 Å². The van der Waals surface area contributed by atoms with Gasteiger partial charge in [0.25, 0.3) is 5.91 Å². The topological polar surface area (TPSA) is 122 Å². The van der Waals surface area contributed by atoms with Crippen LogP contribution >= 0.6 is 0 Å². The number of anilines is 2. The van der Waals surface area contributed by atoms with Crippen LogP contribution in [0.1, 0.15) is 47.8 Å². The van der Waals surface area contributed by atoms with E-state index >= 15 is 0 Å². The Morgan fingerprint density at radius 1 is 1.10 bits per heavy atom. The van der Waals surface area contributed by atoms with E-state index in [0.717, 1.165) is 49.3 Å². The number of hydrogen-bond acceptors (Lipinski definition) is 7. The molecule has 2 amide bonds. The van der Waals surface area contributed by atoms with Crippen LogP contribution in [0.2, 0.25) is 0 Å². The molecule has 39 heavy (non-hydrogen) atoms. The van der Waals surface area contributed by atoms with E-state index in [4.69, 9.17) is 10.7 Å². The molecule has 4 heterocycles. The standard InChI is InChI=1S/C29H34N8O2/c1-35(2)16-6-9-24(38)36-17-5-7-22(19-36)28-34-25(26-27(30)32-15-18-37(26)28)20-10-12-21(13-11-20)29(39)33-23-8-3-4-14-31-23/h3-4,8,10-15,18,22H,5-7,9,16-17,19H2,1-2H3,(H2,30,32)(H,31,33,39). The van der Waals surface area contributed by atoms with Gasteiger partial charge in [-0.2, -0.15) is 0 Å². The van der Waals surface area contributed by atoms with Crippen LogP contribution in [0.15, 0.2) is 61.1 Å². The van der Waals surface area contributed by atoms with Crippen molar-refractivity contribution < 1.29 is 9.59 Å². The van der Waals surface area contributed by atoms with Crippen molar-refractivity contribution in [3.05, 3.63) is 72.4 Å². The van der Waals surface area contributed by atoms with Crippen LogP contribution in [0, 0.1) is 0 Å². The van der Waals surface area contributed by atoms with Gasteiger partial charge < -0.3 is 20.9 Å². The van der Waals surface area contributed by atoms with E-state index in [9.17, 15) is 9.59 Å². The molecule has 1 atom stereocenters. The van der Waals surface area contributed by atoms with Crippen LogP contribution in [0.4, 0.5) is 11.6 Å². The Morgan fingerprint density at radius 2 is 1.92 bits per heavy atom. The van der Waals surface area contributed by atoms with E-state index in [1.807, 2.05) is 47.8 Å². The second-order valence-corrected chi connectivity index (χ2v) is 10.2. The molecule has 0 spiro atoms. The highest BCUT2D eigenvalue weighted by Crippen LogP contribution is 2.34. The fourth-order valence-electron chi connectivity index (χ4n) is 5.10. The third-order valence-electron chi connectivity index (χ3n) is 7.07. The van der Waals surface area contributed by atoms with Gasteiger partial charge in [-0.25, -0.2) is 15.0 Å². The van der Waals surface area contributed by atoms with Crippen LogP contribution in [0.3, 0.4) is 0 Å². The highest BCUT2D eigenvalue weighted by Gasteiger charge is 2.29. The largest absolute Gasteiger partial charge is 0.382 e. The summed E-state index contributed by atoms with van der Waals surface area (Å²) in [6.07, 6.45) is 8.45. The lowest BCUT2D eigenvalue weighted by atomic mass is 9.96. The number of fused-ring (bicyclic) bond motifs is 1. The molecule has 1 unspecified atom stereocenters. The summed E-state index contributed by atoms with van der Waals surface area (Å²) in [5.74, 6) is 1.79. The van der Waals surface area contributed by atoms with Crippen molar-refractivity contribution in [3.8, 4) is 11.3 Å². The fraction of sp³-hybridized carbons (Fsp3) is 0.345. The lowest BCUT2D eigenvalue weighted by molar-refractivity contribution is -0.132. The number of nitrogens with zero attached hydrogens (tertiary/aromatic N) is 6. The number of hydrogen-bond donors (Lipinski definition) is 2. The first kappa shape index (κ1) is 26.3. The number of nitrogen functional groups attached to an aromatic ring is 1. The number of imidazole rings is 1. The number of rotatable bonds is 8. The summed E-state index contributed by atoms with van der Waals surface area (Å²) in [6, 6.07) is 12.6. The SMILES string of the molecule is CN(C)CCCC(=O)N1CCCC(c2nc(-c3ccc(C(=O)Nc4ccccn4)cc3)c3c(N)nccn23)C1. The molecule has 1 saturated heterocycles. The summed E-state index contributed by atoms with van der Waals surface area (Å²) in [5, 5.41) is 2.80. The summed E-state index contributed by atoms with van der Waals surface area (Å²) >= 11 is 0. The molecule has 3 aromatic heterocycles. The van der Waals surface area contributed by atoms with E-state index in [1.165, 1.54) is 0 Å². The molecular weight excluding hydrogens is 492 g/mol. The maximum Gasteiger partial charge on any atom is 0.256 e. The smallest absolute Gasteiger partial charge is 0.256 e. The predicted molar refractivity (Wildman–Crippen MR) is 151 cm³/mol. The average Bonchev–Trinajstić information content (AvgIpc) is 3.34. The van der Waals surface area contributed by atoms with Gasteiger partial charge in [0, 0.05) is 55.1 Å². The first-order valence-corrected chi connectivity index (χ1v) is 13.3. The minimum absolute atomic E-state index is 0.0861. The van der Waals surface area contributed by atoms with Crippen LogP contribution < -0.4 is 11.1 Å². The van der Waals surface area contributed by atoms with Gasteiger partial charge in [0.15, 0.2) is 0 Å². The van der Waals surface area contributed by atoms with Gasteiger partial charge in [-0.1, -0.05) is 18.2 Å². The number of carbonyl (C=O) groups is 2. The van der Waals surface area contributed by atoms with Gasteiger partial charge in [-0.05, 0) is 64.2 Å². The van der Waals surface area contributed by atoms with Gasteiger partial charge in [0.1, 0.15) is 28.7 Å². The predicted octanol–water partition coefficient (Wildman–Crippen LogP) is 3.67. The van der Waals surface area contributed by atoms with Gasteiger partial charge in [0.05, 0.1) is 0 Å². The van der Waals surface area contributed by atoms with Crippen LogP contribution in [0.25, 0.3) is 16.8 Å². The normalized spacial score (nSPS) is 15.6. The second kappa shape index (κ2) is 11.6. The zero-order valence-electron chi connectivity index (χ0n) is 22.4. The highest BCUT2D eigenvalue weighted by molar-refractivity contribution is 6.04. The molecule has 0 radical (unpaired) electrons. The Hall–Kier alpha value is -4.31. The third kappa shape index (κ3) is 5.91. The Bertz CT molecular complexity index is 1450. The quantitative estimate of drug-likeness (QED) is 0.359. The van der Waals surface area contributed by atoms with E-state index < -0.39 is 0 Å². The number of nitrogens with one attached hydrogen (secondary N) is 1. The number of nitrogens with two attached hydrogens (primary N) is 1. The van der Waals surface area contributed by atoms with Crippen LogP contribution in [-0.4, -0.2) is 74.7 Å². The molecule has 202 valence electrons. The molecule has 10 heteroatoms. The minimum Gasteiger partial charge on any atom is -0.382 e. The van der Waals surface area contributed by atoms with Gasteiger partial charge in [-0.15, -0.1) is 0 Å². The van der Waals surface area contributed by atoms with Crippen molar-refractivity contribution in [1.29, 1.82) is 0 Å². The molecule has 0 bridgehead atoms. The zero-order chi connectivity index (χ0) is 27.4. The van der Waals surface area contributed by atoms with Crippen molar-refractivity contribution in [2.75, 3.05) is 44.8 Å². The molecule has 1 fully saturated rings. The van der Waals surface area contributed by atoms with E-state index in [0.29, 0.717) is 35.9 Å². The molecular formula is C29H34N8O2. The van der Waals surface area contributed by atoms with Crippen LogP contribution in [0.5, 0.6) is 0 Å². The Morgan fingerprint density at radius 3 is 2.67 bits per heavy atom. The Kier molecular flexibility index (Phi) is 7.83. The third-order valence-corrected chi connectivity index (χ3v) is 7.07. The number of amides is 2. The number of piperidine rings is 1.